The van der Waals surface area contributed by atoms with Gasteiger partial charge in [0, 0.05) is 6.54 Å². The lowest BCUT2D eigenvalue weighted by atomic mass is 9.68. The van der Waals surface area contributed by atoms with Gasteiger partial charge in [-0.1, -0.05) is 45.3 Å². The van der Waals surface area contributed by atoms with E-state index in [1.54, 1.807) is 0 Å². The molecular weight excluding hydrogens is 220 g/mol. The summed E-state index contributed by atoms with van der Waals surface area (Å²) in [5.41, 5.74) is 5.15. The topological polar surface area (TPSA) is 55.1 Å². The van der Waals surface area contributed by atoms with E-state index in [-0.39, 0.29) is 5.91 Å². The van der Waals surface area contributed by atoms with Gasteiger partial charge in [0.25, 0.3) is 0 Å². The van der Waals surface area contributed by atoms with Crippen molar-refractivity contribution in [2.45, 2.75) is 46.0 Å². The van der Waals surface area contributed by atoms with Crippen LogP contribution in [0.25, 0.3) is 0 Å². The van der Waals surface area contributed by atoms with Crippen LogP contribution in [0.2, 0.25) is 0 Å². The molecule has 3 N–H and O–H groups in total. The molecule has 0 bridgehead atoms. The second-order valence-electron chi connectivity index (χ2n) is 4.69. The lowest BCUT2D eigenvalue weighted by Crippen LogP contribution is -2.53. The van der Waals surface area contributed by atoms with E-state index in [9.17, 15) is 4.79 Å². The normalized spacial score (nSPS) is 17.9. The number of hydrogen-bond donors (Lipinski definition) is 2. The minimum absolute atomic E-state index is 0.0400. The molecule has 0 aromatic heterocycles. The van der Waals surface area contributed by atoms with Crippen molar-refractivity contribution in [3.8, 4) is 0 Å². The molecule has 4 heteroatoms. The third-order valence-corrected chi connectivity index (χ3v) is 4.21. The Morgan fingerprint density at radius 1 is 1.44 bits per heavy atom. The van der Waals surface area contributed by atoms with E-state index in [2.05, 4.69) is 19.2 Å². The third kappa shape index (κ3) is 2.54. The molecule has 3 nitrogen and oxygen atoms in total. The predicted octanol–water partition coefficient (Wildman–Crippen LogP) is 2.00. The van der Waals surface area contributed by atoms with Crippen LogP contribution in [0.4, 0.5) is 0 Å². The second-order valence-corrected chi connectivity index (χ2v) is 5.13. The third-order valence-electron chi connectivity index (χ3n) is 3.82. The van der Waals surface area contributed by atoms with E-state index < -0.39 is 5.41 Å². The predicted molar refractivity (Wildman–Crippen MR) is 70.2 cm³/mol. The van der Waals surface area contributed by atoms with Gasteiger partial charge in [0.15, 0.2) is 0 Å². The minimum atomic E-state index is -0.526. The van der Waals surface area contributed by atoms with Crippen molar-refractivity contribution in [3.63, 3.8) is 0 Å². The van der Waals surface area contributed by atoms with Gasteiger partial charge in [-0.2, -0.15) is 0 Å². The van der Waals surface area contributed by atoms with E-state index in [1.165, 1.54) is 0 Å². The Kier molecular flexibility index (Phi) is 4.71. The number of nitrogens with two attached hydrogens (primary N) is 1. The smallest absolute Gasteiger partial charge is 0.233 e. The average molecular weight is 242 g/mol. The van der Waals surface area contributed by atoms with E-state index in [0.29, 0.717) is 10.9 Å². The molecule has 0 aromatic rings. The molecule has 16 heavy (non-hydrogen) atoms. The molecule has 0 spiro atoms. The highest BCUT2D eigenvalue weighted by Gasteiger charge is 2.46. The first-order valence-electron chi connectivity index (χ1n) is 6.15. The Morgan fingerprint density at radius 3 is 2.31 bits per heavy atom. The van der Waals surface area contributed by atoms with E-state index in [1.807, 2.05) is 0 Å². The van der Waals surface area contributed by atoms with Crippen LogP contribution in [-0.4, -0.2) is 17.4 Å². The fraction of sp³-hybridized carbons (Fsp3) is 0.833. The van der Waals surface area contributed by atoms with Crippen molar-refractivity contribution in [1.82, 2.24) is 5.32 Å². The van der Waals surface area contributed by atoms with Crippen molar-refractivity contribution in [1.29, 1.82) is 0 Å². The van der Waals surface area contributed by atoms with E-state index >= 15 is 0 Å². The summed E-state index contributed by atoms with van der Waals surface area (Å²) >= 11 is 5.01. The molecule has 1 saturated carbocycles. The molecule has 0 saturated heterocycles. The van der Waals surface area contributed by atoms with Crippen molar-refractivity contribution < 1.29 is 4.79 Å². The lowest BCUT2D eigenvalue weighted by molar-refractivity contribution is -0.131. The molecule has 92 valence electrons. The first-order chi connectivity index (χ1) is 7.56. The fourth-order valence-electron chi connectivity index (χ4n) is 2.10. The maximum absolute atomic E-state index is 12.0. The van der Waals surface area contributed by atoms with Crippen LogP contribution in [0.5, 0.6) is 0 Å². The molecule has 1 amide bonds. The lowest BCUT2D eigenvalue weighted by Gasteiger charge is -2.39. The Morgan fingerprint density at radius 2 is 2.00 bits per heavy atom. The molecule has 1 aliphatic carbocycles. The highest BCUT2D eigenvalue weighted by molar-refractivity contribution is 7.80. The van der Waals surface area contributed by atoms with Gasteiger partial charge in [0.1, 0.15) is 0 Å². The summed E-state index contributed by atoms with van der Waals surface area (Å²) in [6, 6.07) is 0. The summed E-state index contributed by atoms with van der Waals surface area (Å²) in [5.74, 6) is 0.602. The van der Waals surface area contributed by atoms with Gasteiger partial charge >= 0.3 is 0 Å². The largest absolute Gasteiger partial charge is 0.392 e. The van der Waals surface area contributed by atoms with Crippen LogP contribution in [0.15, 0.2) is 0 Å². The number of carbonyl (C=O) groups excluding carboxylic acids is 1. The first kappa shape index (κ1) is 13.4. The Bertz CT molecular complexity index is 270. The van der Waals surface area contributed by atoms with Crippen molar-refractivity contribution in [3.05, 3.63) is 0 Å². The van der Waals surface area contributed by atoms with Crippen LogP contribution >= 0.6 is 12.2 Å². The summed E-state index contributed by atoms with van der Waals surface area (Å²) in [5, 5.41) is 3.00. The monoisotopic (exact) mass is 242 g/mol. The molecule has 1 fully saturated rings. The molecule has 0 unspecified atom stereocenters. The SMILES string of the molecule is CCC(CC)CNC(=O)C1(C(N)=S)CCC1. The van der Waals surface area contributed by atoms with Crippen molar-refractivity contribution in [2.75, 3.05) is 6.54 Å². The van der Waals surface area contributed by atoms with Crippen molar-refractivity contribution in [2.24, 2.45) is 17.1 Å². The van der Waals surface area contributed by atoms with Gasteiger partial charge in [0.05, 0.1) is 10.4 Å². The van der Waals surface area contributed by atoms with Gasteiger partial charge in [-0.15, -0.1) is 0 Å². The van der Waals surface area contributed by atoms with E-state index in [4.69, 9.17) is 18.0 Å². The number of nitrogens with one attached hydrogen (secondary N) is 1. The summed E-state index contributed by atoms with van der Waals surface area (Å²) in [6.45, 7) is 5.04. The highest BCUT2D eigenvalue weighted by atomic mass is 32.1. The van der Waals surface area contributed by atoms with Crippen LogP contribution < -0.4 is 11.1 Å². The molecule has 1 rings (SSSR count). The Hall–Kier alpha value is -0.640. The zero-order valence-corrected chi connectivity index (χ0v) is 11.0. The first-order valence-corrected chi connectivity index (χ1v) is 6.55. The quantitative estimate of drug-likeness (QED) is 0.700. The zero-order chi connectivity index (χ0) is 12.2. The zero-order valence-electron chi connectivity index (χ0n) is 10.2. The van der Waals surface area contributed by atoms with Crippen LogP contribution in [-0.2, 0) is 4.79 Å². The van der Waals surface area contributed by atoms with Gasteiger partial charge in [-0.3, -0.25) is 4.79 Å². The molecule has 0 radical (unpaired) electrons. The summed E-state index contributed by atoms with van der Waals surface area (Å²) in [4.78, 5) is 12.4. The van der Waals surface area contributed by atoms with Gasteiger partial charge in [-0.25, -0.2) is 0 Å². The summed E-state index contributed by atoms with van der Waals surface area (Å²) < 4.78 is 0. The molecule has 0 heterocycles. The summed E-state index contributed by atoms with van der Waals surface area (Å²) in [6.07, 6.45) is 4.87. The van der Waals surface area contributed by atoms with E-state index in [0.717, 1.165) is 38.6 Å². The number of hydrogen-bond acceptors (Lipinski definition) is 2. The number of rotatable bonds is 6. The Labute approximate surface area is 103 Å². The van der Waals surface area contributed by atoms with Crippen LogP contribution in [0.1, 0.15) is 46.0 Å². The van der Waals surface area contributed by atoms with Crippen molar-refractivity contribution >= 4 is 23.1 Å². The number of carbonyl (C=O) groups is 1. The van der Waals surface area contributed by atoms with Gasteiger partial charge in [0.2, 0.25) is 5.91 Å². The average Bonchev–Trinajstić information content (AvgIpc) is 2.16. The highest BCUT2D eigenvalue weighted by Crippen LogP contribution is 2.41. The molecule has 0 aliphatic heterocycles. The minimum Gasteiger partial charge on any atom is -0.392 e. The van der Waals surface area contributed by atoms with Gasteiger partial charge < -0.3 is 11.1 Å². The molecular formula is C12H22N2OS. The number of thiocarbonyl (C=S) groups is 1. The fourth-order valence-corrected chi connectivity index (χ4v) is 2.40. The number of amides is 1. The Balaban J connectivity index is 2.48. The maximum Gasteiger partial charge on any atom is 0.233 e. The maximum atomic E-state index is 12.0. The molecule has 0 aromatic carbocycles. The summed E-state index contributed by atoms with van der Waals surface area (Å²) in [7, 11) is 0. The molecule has 0 atom stereocenters. The van der Waals surface area contributed by atoms with Crippen LogP contribution in [0, 0.1) is 11.3 Å². The van der Waals surface area contributed by atoms with Gasteiger partial charge in [-0.05, 0) is 18.8 Å². The standard InChI is InChI=1S/C12H22N2OS/c1-3-9(4-2)8-14-11(15)12(10(13)16)6-5-7-12/h9H,3-8H2,1-2H3,(H2,13,16)(H,14,15). The van der Waals surface area contributed by atoms with Crippen LogP contribution in [0.3, 0.4) is 0 Å². The molecule has 1 aliphatic rings. The second kappa shape index (κ2) is 5.62.